The predicted molar refractivity (Wildman–Crippen MR) is 118 cm³/mol. The quantitative estimate of drug-likeness (QED) is 0.273. The number of hydrogen-bond acceptors (Lipinski definition) is 4. The molecule has 2 aliphatic rings. The molecule has 0 radical (unpaired) electrons. The summed E-state index contributed by atoms with van der Waals surface area (Å²) in [5.41, 5.74) is 0. The van der Waals surface area contributed by atoms with Crippen LogP contribution >= 0.6 is 24.0 Å². The lowest BCUT2D eigenvalue weighted by atomic mass is 9.90. The number of nitrogens with one attached hydrogen (secondary N) is 1. The van der Waals surface area contributed by atoms with Crippen molar-refractivity contribution in [2.24, 2.45) is 10.9 Å². The molecule has 3 heterocycles. The molecule has 0 saturated carbocycles. The van der Waals surface area contributed by atoms with E-state index in [2.05, 4.69) is 24.1 Å². The minimum atomic E-state index is -0.443. The van der Waals surface area contributed by atoms with E-state index in [0.717, 1.165) is 70.0 Å². The zero-order chi connectivity index (χ0) is 18.2. The van der Waals surface area contributed by atoms with Gasteiger partial charge in [0.2, 0.25) is 0 Å². The van der Waals surface area contributed by atoms with Crippen LogP contribution in [0.5, 0.6) is 0 Å². The SMILES string of the molecule is CCCCN=C(NCCc1ccco1)N1CCCC(C2(C)OCCO2)C1.I. The third kappa shape index (κ3) is 6.35. The van der Waals surface area contributed by atoms with Crippen molar-refractivity contribution < 1.29 is 13.9 Å². The number of rotatable bonds is 7. The van der Waals surface area contributed by atoms with Gasteiger partial charge in [0.25, 0.3) is 0 Å². The molecule has 1 aromatic heterocycles. The first-order chi connectivity index (χ1) is 12.7. The summed E-state index contributed by atoms with van der Waals surface area (Å²) in [5.74, 6) is 1.95. The maximum absolute atomic E-state index is 5.92. The molecule has 154 valence electrons. The minimum Gasteiger partial charge on any atom is -0.469 e. The van der Waals surface area contributed by atoms with Gasteiger partial charge in [0.15, 0.2) is 11.7 Å². The van der Waals surface area contributed by atoms with Crippen molar-refractivity contribution in [1.82, 2.24) is 10.2 Å². The lowest BCUT2D eigenvalue weighted by Gasteiger charge is -2.41. The van der Waals surface area contributed by atoms with E-state index in [1.807, 2.05) is 12.1 Å². The van der Waals surface area contributed by atoms with Crippen molar-refractivity contribution in [3.63, 3.8) is 0 Å². The molecule has 0 bridgehead atoms. The fourth-order valence-electron chi connectivity index (χ4n) is 3.73. The van der Waals surface area contributed by atoms with Gasteiger partial charge in [-0.2, -0.15) is 0 Å². The molecule has 1 unspecified atom stereocenters. The summed E-state index contributed by atoms with van der Waals surface area (Å²) in [6, 6.07) is 3.95. The van der Waals surface area contributed by atoms with Gasteiger partial charge in [0.05, 0.1) is 19.5 Å². The van der Waals surface area contributed by atoms with Crippen LogP contribution < -0.4 is 5.32 Å². The lowest BCUT2D eigenvalue weighted by Crippen LogP contribution is -2.52. The molecule has 1 aromatic rings. The molecule has 7 heteroatoms. The number of ether oxygens (including phenoxy) is 2. The maximum atomic E-state index is 5.92. The summed E-state index contributed by atoms with van der Waals surface area (Å²) in [7, 11) is 0. The smallest absolute Gasteiger partial charge is 0.193 e. The van der Waals surface area contributed by atoms with Crippen LogP contribution in [0.2, 0.25) is 0 Å². The highest BCUT2D eigenvalue weighted by molar-refractivity contribution is 14.0. The minimum absolute atomic E-state index is 0. The Hall–Kier alpha value is -0.800. The van der Waals surface area contributed by atoms with Crippen LogP contribution in [0, 0.1) is 5.92 Å². The molecule has 1 atom stereocenters. The Kier molecular flexibility index (Phi) is 9.38. The van der Waals surface area contributed by atoms with Crippen LogP contribution in [0.25, 0.3) is 0 Å². The van der Waals surface area contributed by atoms with E-state index in [9.17, 15) is 0 Å². The van der Waals surface area contributed by atoms with Crippen LogP contribution in [0.3, 0.4) is 0 Å². The van der Waals surface area contributed by atoms with Crippen molar-refractivity contribution in [1.29, 1.82) is 0 Å². The van der Waals surface area contributed by atoms with Crippen molar-refractivity contribution in [2.75, 3.05) is 39.4 Å². The molecular formula is C20H34IN3O3. The largest absolute Gasteiger partial charge is 0.469 e. The van der Waals surface area contributed by atoms with E-state index in [4.69, 9.17) is 18.9 Å². The first-order valence-electron chi connectivity index (χ1n) is 10.0. The van der Waals surface area contributed by atoms with Crippen molar-refractivity contribution in [2.45, 2.75) is 51.7 Å². The molecule has 0 amide bonds. The number of nitrogens with zero attached hydrogens (tertiary/aromatic N) is 2. The third-order valence-electron chi connectivity index (χ3n) is 5.33. The predicted octanol–water partition coefficient (Wildman–Crippen LogP) is 3.66. The molecule has 0 spiro atoms. The average Bonchev–Trinajstić information content (AvgIpc) is 3.33. The van der Waals surface area contributed by atoms with Crippen molar-refractivity contribution in [3.8, 4) is 0 Å². The van der Waals surface area contributed by atoms with Gasteiger partial charge in [-0.25, -0.2) is 0 Å². The number of unbranched alkanes of at least 4 members (excludes halogenated alkanes) is 1. The molecule has 6 nitrogen and oxygen atoms in total. The molecule has 3 rings (SSSR count). The molecule has 2 saturated heterocycles. The molecule has 0 aliphatic carbocycles. The zero-order valence-electron chi connectivity index (χ0n) is 16.6. The van der Waals surface area contributed by atoms with Crippen LogP contribution in [0.4, 0.5) is 0 Å². The third-order valence-corrected chi connectivity index (χ3v) is 5.33. The summed E-state index contributed by atoms with van der Waals surface area (Å²) in [6.45, 7) is 9.34. The molecule has 2 aliphatic heterocycles. The summed E-state index contributed by atoms with van der Waals surface area (Å²) in [5, 5.41) is 3.54. The number of likely N-dealkylation sites (tertiary alicyclic amines) is 1. The molecule has 1 N–H and O–H groups in total. The number of hydrogen-bond donors (Lipinski definition) is 1. The summed E-state index contributed by atoms with van der Waals surface area (Å²) in [6.07, 6.45) is 7.14. The highest BCUT2D eigenvalue weighted by Crippen LogP contribution is 2.34. The average molecular weight is 491 g/mol. The van der Waals surface area contributed by atoms with Crippen LogP contribution in [0.15, 0.2) is 27.8 Å². The number of halogens is 1. The topological polar surface area (TPSA) is 59.2 Å². The highest BCUT2D eigenvalue weighted by Gasteiger charge is 2.42. The van der Waals surface area contributed by atoms with Crippen molar-refractivity contribution in [3.05, 3.63) is 24.2 Å². The molecule has 27 heavy (non-hydrogen) atoms. The van der Waals surface area contributed by atoms with Gasteiger partial charge in [-0.1, -0.05) is 13.3 Å². The fraction of sp³-hybridized carbons (Fsp3) is 0.750. The summed E-state index contributed by atoms with van der Waals surface area (Å²) >= 11 is 0. The Morgan fingerprint density at radius 3 is 2.89 bits per heavy atom. The van der Waals surface area contributed by atoms with E-state index >= 15 is 0 Å². The van der Waals surface area contributed by atoms with Gasteiger partial charge < -0.3 is 24.1 Å². The molecule has 2 fully saturated rings. The Balaban J connectivity index is 0.00000261. The Labute approximate surface area is 180 Å². The highest BCUT2D eigenvalue weighted by atomic mass is 127. The van der Waals surface area contributed by atoms with Gasteiger partial charge in [0.1, 0.15) is 5.76 Å². The van der Waals surface area contributed by atoms with Gasteiger partial charge in [-0.05, 0) is 38.3 Å². The second kappa shape index (κ2) is 11.3. The van der Waals surface area contributed by atoms with Crippen LogP contribution in [-0.4, -0.2) is 56.0 Å². The first kappa shape index (κ1) is 22.5. The maximum Gasteiger partial charge on any atom is 0.193 e. The van der Waals surface area contributed by atoms with E-state index < -0.39 is 5.79 Å². The zero-order valence-corrected chi connectivity index (χ0v) is 18.9. The van der Waals surface area contributed by atoms with E-state index in [1.54, 1.807) is 6.26 Å². The summed E-state index contributed by atoms with van der Waals surface area (Å²) < 4.78 is 17.3. The molecular weight excluding hydrogens is 457 g/mol. The van der Waals surface area contributed by atoms with Crippen LogP contribution in [-0.2, 0) is 15.9 Å². The lowest BCUT2D eigenvalue weighted by molar-refractivity contribution is -0.189. The summed E-state index contributed by atoms with van der Waals surface area (Å²) in [4.78, 5) is 7.24. The Morgan fingerprint density at radius 2 is 2.19 bits per heavy atom. The number of guanidine groups is 1. The van der Waals surface area contributed by atoms with E-state index in [0.29, 0.717) is 19.1 Å². The standard InChI is InChI=1S/C20H33N3O3.HI/c1-3-4-10-21-19(22-11-9-18-8-6-13-24-18)23-12-5-7-17(16-23)20(2)25-14-15-26-20;/h6,8,13,17H,3-5,7,9-12,14-16H2,1-2H3,(H,21,22);1H. The number of piperidine rings is 1. The second-order valence-corrected chi connectivity index (χ2v) is 7.31. The number of aliphatic imine (C=N–C) groups is 1. The van der Waals surface area contributed by atoms with Gasteiger partial charge in [0, 0.05) is 38.5 Å². The normalized spacial score (nSPS) is 22.5. The second-order valence-electron chi connectivity index (χ2n) is 7.31. The van der Waals surface area contributed by atoms with Crippen molar-refractivity contribution >= 4 is 29.9 Å². The van der Waals surface area contributed by atoms with Crippen LogP contribution in [0.1, 0.15) is 45.3 Å². The first-order valence-corrected chi connectivity index (χ1v) is 10.0. The van der Waals surface area contributed by atoms with Gasteiger partial charge >= 0.3 is 0 Å². The fourth-order valence-corrected chi connectivity index (χ4v) is 3.73. The van der Waals surface area contributed by atoms with E-state index in [-0.39, 0.29) is 24.0 Å². The van der Waals surface area contributed by atoms with Gasteiger partial charge in [-0.15, -0.1) is 24.0 Å². The van der Waals surface area contributed by atoms with E-state index in [1.165, 1.54) is 0 Å². The molecule has 0 aromatic carbocycles. The number of furan rings is 1. The Morgan fingerprint density at radius 1 is 1.37 bits per heavy atom. The monoisotopic (exact) mass is 491 g/mol. The Bertz CT molecular complexity index is 559. The van der Waals surface area contributed by atoms with Gasteiger partial charge in [-0.3, -0.25) is 4.99 Å².